The first kappa shape index (κ1) is 11.4. The summed E-state index contributed by atoms with van der Waals surface area (Å²) in [5.41, 5.74) is 0.839. The van der Waals surface area contributed by atoms with Gasteiger partial charge in [-0.25, -0.2) is 0 Å². The fourth-order valence-corrected chi connectivity index (χ4v) is 2.37. The van der Waals surface area contributed by atoms with Gasteiger partial charge in [0, 0.05) is 5.02 Å². The Hall–Kier alpha value is -1.06. The first-order chi connectivity index (χ1) is 7.68. The minimum atomic E-state index is -0.754. The Labute approximate surface area is 99.4 Å². The number of carboxylic acids is 1. The van der Waals surface area contributed by atoms with Crippen LogP contribution in [0, 0.1) is 5.92 Å². The van der Waals surface area contributed by atoms with Crippen LogP contribution in [-0.2, 0) is 4.79 Å². The minimum absolute atomic E-state index is 0.179. The van der Waals surface area contributed by atoms with Crippen molar-refractivity contribution in [3.8, 4) is 0 Å². The lowest BCUT2D eigenvalue weighted by Gasteiger charge is -2.18. The molecule has 0 aromatic heterocycles. The molecule has 1 aliphatic rings. The Morgan fingerprint density at radius 2 is 2.12 bits per heavy atom. The van der Waals surface area contributed by atoms with Crippen LogP contribution in [0.1, 0.15) is 17.9 Å². The molecule has 1 aliphatic heterocycles. The van der Waals surface area contributed by atoms with Crippen LogP contribution in [0.5, 0.6) is 0 Å². The van der Waals surface area contributed by atoms with Gasteiger partial charge in [-0.3, -0.25) is 4.79 Å². The lowest BCUT2D eigenvalue weighted by Crippen LogP contribution is -2.23. The third-order valence-electron chi connectivity index (χ3n) is 3.07. The van der Waals surface area contributed by atoms with Crippen molar-refractivity contribution in [1.82, 2.24) is 5.32 Å². The van der Waals surface area contributed by atoms with Crippen LogP contribution in [0.2, 0.25) is 5.02 Å². The molecule has 0 radical (unpaired) electrons. The van der Waals surface area contributed by atoms with Crippen LogP contribution in [-0.4, -0.2) is 24.2 Å². The Morgan fingerprint density at radius 1 is 1.44 bits per heavy atom. The van der Waals surface area contributed by atoms with E-state index >= 15 is 0 Å². The standard InChI is InChI=1S/C12H14ClNO2/c13-10-3-1-8(2-4-10)11(12(15)16)9-5-6-14-7-9/h1-4,9,11,14H,5-7H2,(H,15,16). The molecule has 0 bridgehead atoms. The fourth-order valence-electron chi connectivity index (χ4n) is 2.25. The molecule has 0 saturated carbocycles. The van der Waals surface area contributed by atoms with E-state index in [9.17, 15) is 9.90 Å². The lowest BCUT2D eigenvalue weighted by molar-refractivity contribution is -0.140. The van der Waals surface area contributed by atoms with Gasteiger partial charge in [-0.15, -0.1) is 0 Å². The molecule has 2 atom stereocenters. The van der Waals surface area contributed by atoms with Crippen molar-refractivity contribution in [1.29, 1.82) is 0 Å². The summed E-state index contributed by atoms with van der Waals surface area (Å²) in [4.78, 5) is 11.3. The van der Waals surface area contributed by atoms with Crippen LogP contribution in [0.4, 0.5) is 0 Å². The Bertz CT molecular complexity index is 371. The molecule has 1 fully saturated rings. The summed E-state index contributed by atoms with van der Waals surface area (Å²) in [6.45, 7) is 1.68. The summed E-state index contributed by atoms with van der Waals surface area (Å²) < 4.78 is 0. The molecule has 16 heavy (non-hydrogen) atoms. The van der Waals surface area contributed by atoms with E-state index in [0.29, 0.717) is 5.02 Å². The summed E-state index contributed by atoms with van der Waals surface area (Å²) in [6.07, 6.45) is 0.916. The second kappa shape index (κ2) is 4.85. The maximum Gasteiger partial charge on any atom is 0.311 e. The van der Waals surface area contributed by atoms with Crippen molar-refractivity contribution in [2.24, 2.45) is 5.92 Å². The van der Waals surface area contributed by atoms with Crippen LogP contribution in [0.25, 0.3) is 0 Å². The molecule has 1 aromatic carbocycles. The van der Waals surface area contributed by atoms with E-state index in [1.807, 2.05) is 0 Å². The number of hydrogen-bond acceptors (Lipinski definition) is 2. The summed E-state index contributed by atoms with van der Waals surface area (Å²) in [5.74, 6) is -0.998. The smallest absolute Gasteiger partial charge is 0.311 e. The molecular formula is C12H14ClNO2. The number of rotatable bonds is 3. The molecular weight excluding hydrogens is 226 g/mol. The van der Waals surface area contributed by atoms with Gasteiger partial charge in [-0.2, -0.15) is 0 Å². The van der Waals surface area contributed by atoms with Crippen LogP contribution >= 0.6 is 11.6 Å². The second-order valence-corrected chi connectivity index (χ2v) is 4.56. The first-order valence-corrected chi connectivity index (χ1v) is 5.75. The van der Waals surface area contributed by atoms with Crippen molar-refractivity contribution in [3.63, 3.8) is 0 Å². The average Bonchev–Trinajstić information content (AvgIpc) is 2.74. The highest BCUT2D eigenvalue weighted by molar-refractivity contribution is 6.30. The molecule has 2 rings (SSSR count). The molecule has 86 valence electrons. The van der Waals surface area contributed by atoms with Gasteiger partial charge < -0.3 is 10.4 Å². The SMILES string of the molecule is O=C(O)C(c1ccc(Cl)cc1)C1CCNC1. The number of nitrogens with one attached hydrogen (secondary N) is 1. The van der Waals surface area contributed by atoms with Gasteiger partial charge in [-0.05, 0) is 43.1 Å². The molecule has 1 aromatic rings. The van der Waals surface area contributed by atoms with E-state index < -0.39 is 11.9 Å². The highest BCUT2D eigenvalue weighted by atomic mass is 35.5. The summed E-state index contributed by atoms with van der Waals surface area (Å²) >= 11 is 5.80. The predicted molar refractivity (Wildman–Crippen MR) is 62.8 cm³/mol. The third kappa shape index (κ3) is 2.36. The molecule has 4 heteroatoms. The van der Waals surface area contributed by atoms with Gasteiger partial charge in [0.25, 0.3) is 0 Å². The van der Waals surface area contributed by atoms with E-state index in [-0.39, 0.29) is 5.92 Å². The van der Waals surface area contributed by atoms with Gasteiger partial charge in [0.1, 0.15) is 0 Å². The monoisotopic (exact) mass is 239 g/mol. The second-order valence-electron chi connectivity index (χ2n) is 4.12. The maximum atomic E-state index is 11.3. The van der Waals surface area contributed by atoms with Crippen LogP contribution < -0.4 is 5.32 Å². The number of halogens is 1. The lowest BCUT2D eigenvalue weighted by atomic mass is 9.85. The van der Waals surface area contributed by atoms with Crippen molar-refractivity contribution < 1.29 is 9.90 Å². The van der Waals surface area contributed by atoms with E-state index in [1.54, 1.807) is 24.3 Å². The highest BCUT2D eigenvalue weighted by Crippen LogP contribution is 2.30. The maximum absolute atomic E-state index is 11.3. The Balaban J connectivity index is 2.24. The van der Waals surface area contributed by atoms with E-state index in [0.717, 1.165) is 25.1 Å². The number of aliphatic carboxylic acids is 1. The zero-order valence-electron chi connectivity index (χ0n) is 8.82. The number of carbonyl (C=O) groups is 1. The van der Waals surface area contributed by atoms with Crippen molar-refractivity contribution in [2.45, 2.75) is 12.3 Å². The Morgan fingerprint density at radius 3 is 2.62 bits per heavy atom. The molecule has 0 aliphatic carbocycles. The molecule has 0 spiro atoms. The largest absolute Gasteiger partial charge is 0.481 e. The van der Waals surface area contributed by atoms with E-state index in [1.165, 1.54) is 0 Å². The van der Waals surface area contributed by atoms with Gasteiger partial charge in [0.05, 0.1) is 5.92 Å². The summed E-state index contributed by atoms with van der Waals surface area (Å²) in [6, 6.07) is 7.10. The normalized spacial score (nSPS) is 21.9. The summed E-state index contributed by atoms with van der Waals surface area (Å²) in [5, 5.41) is 13.1. The van der Waals surface area contributed by atoms with Crippen LogP contribution in [0.15, 0.2) is 24.3 Å². The third-order valence-corrected chi connectivity index (χ3v) is 3.32. The molecule has 2 N–H and O–H groups in total. The number of carboxylic acid groups (broad SMARTS) is 1. The molecule has 1 heterocycles. The van der Waals surface area contributed by atoms with Gasteiger partial charge >= 0.3 is 5.97 Å². The van der Waals surface area contributed by atoms with Gasteiger partial charge in [0.2, 0.25) is 0 Å². The van der Waals surface area contributed by atoms with Crippen molar-refractivity contribution >= 4 is 17.6 Å². The number of benzene rings is 1. The topological polar surface area (TPSA) is 49.3 Å². The highest BCUT2D eigenvalue weighted by Gasteiger charge is 2.31. The fraction of sp³-hybridized carbons (Fsp3) is 0.417. The molecule has 3 nitrogen and oxygen atoms in total. The first-order valence-electron chi connectivity index (χ1n) is 5.37. The zero-order valence-corrected chi connectivity index (χ0v) is 9.57. The molecule has 1 saturated heterocycles. The Kier molecular flexibility index (Phi) is 3.46. The zero-order chi connectivity index (χ0) is 11.5. The minimum Gasteiger partial charge on any atom is -0.481 e. The van der Waals surface area contributed by atoms with Crippen molar-refractivity contribution in [2.75, 3.05) is 13.1 Å². The van der Waals surface area contributed by atoms with E-state index in [4.69, 9.17) is 11.6 Å². The van der Waals surface area contributed by atoms with Gasteiger partial charge in [0.15, 0.2) is 0 Å². The van der Waals surface area contributed by atoms with Crippen LogP contribution in [0.3, 0.4) is 0 Å². The van der Waals surface area contributed by atoms with E-state index in [2.05, 4.69) is 5.32 Å². The predicted octanol–water partition coefficient (Wildman–Crippen LogP) is 2.12. The average molecular weight is 240 g/mol. The van der Waals surface area contributed by atoms with Gasteiger partial charge in [-0.1, -0.05) is 23.7 Å². The summed E-state index contributed by atoms with van der Waals surface area (Å²) in [7, 11) is 0. The number of hydrogen-bond donors (Lipinski definition) is 2. The molecule has 2 unspecified atom stereocenters. The van der Waals surface area contributed by atoms with Crippen molar-refractivity contribution in [3.05, 3.63) is 34.9 Å². The molecule has 0 amide bonds. The quantitative estimate of drug-likeness (QED) is 0.850.